The number of nitrogens with zero attached hydrogens (tertiary/aromatic N) is 1. The van der Waals surface area contributed by atoms with E-state index in [1.807, 2.05) is 7.05 Å². The normalized spacial score (nSPS) is 31.7. The van der Waals surface area contributed by atoms with E-state index >= 15 is 0 Å². The second-order valence-electron chi connectivity index (χ2n) is 3.04. The van der Waals surface area contributed by atoms with Crippen LogP contribution in [0.3, 0.4) is 0 Å². The third-order valence-corrected chi connectivity index (χ3v) is 2.41. The molecule has 9 heavy (non-hydrogen) atoms. The predicted octanol–water partition coefficient (Wildman–Crippen LogP) is -0.832. The molecule has 2 saturated heterocycles. The monoisotopic (exact) mass is 127 g/mol. The summed E-state index contributed by atoms with van der Waals surface area (Å²) in [5, 5.41) is 5.67. The van der Waals surface area contributed by atoms with Gasteiger partial charge in [-0.05, 0) is 20.0 Å². The molecule has 3 nitrogen and oxygen atoms in total. The summed E-state index contributed by atoms with van der Waals surface area (Å²) in [5.41, 5.74) is 3.65. The van der Waals surface area contributed by atoms with Gasteiger partial charge in [0.1, 0.15) is 0 Å². The number of nitrogens with one attached hydrogen (secondary N) is 2. The molecule has 0 atom stereocenters. The molecule has 2 fully saturated rings. The Morgan fingerprint density at radius 2 is 2.22 bits per heavy atom. The Kier molecular flexibility index (Phi) is 1.06. The van der Waals surface area contributed by atoms with Crippen molar-refractivity contribution in [3.8, 4) is 0 Å². The third-order valence-electron chi connectivity index (χ3n) is 2.41. The molecule has 0 bridgehead atoms. The largest absolute Gasteiger partial charge is 0.309 e. The van der Waals surface area contributed by atoms with E-state index in [1.54, 1.807) is 0 Å². The van der Waals surface area contributed by atoms with Gasteiger partial charge in [-0.2, -0.15) is 0 Å². The first-order valence-electron chi connectivity index (χ1n) is 3.52. The van der Waals surface area contributed by atoms with E-state index in [4.69, 9.17) is 0 Å². The van der Waals surface area contributed by atoms with Gasteiger partial charge in [0.25, 0.3) is 0 Å². The number of hydrogen-bond acceptors (Lipinski definition) is 3. The molecule has 0 aromatic heterocycles. The van der Waals surface area contributed by atoms with E-state index in [0.717, 1.165) is 0 Å². The molecule has 0 saturated carbocycles. The van der Waals surface area contributed by atoms with Crippen molar-refractivity contribution in [1.29, 1.82) is 0 Å². The van der Waals surface area contributed by atoms with Crippen molar-refractivity contribution < 1.29 is 0 Å². The lowest BCUT2D eigenvalue weighted by molar-refractivity contribution is -0.0342. The van der Waals surface area contributed by atoms with Crippen LogP contribution in [0.4, 0.5) is 0 Å². The van der Waals surface area contributed by atoms with E-state index in [2.05, 4.69) is 15.8 Å². The second-order valence-corrected chi connectivity index (χ2v) is 3.04. The van der Waals surface area contributed by atoms with Gasteiger partial charge in [-0.25, -0.2) is 5.01 Å². The molecule has 2 rings (SSSR count). The zero-order valence-corrected chi connectivity index (χ0v) is 5.78. The topological polar surface area (TPSA) is 27.3 Å². The minimum absolute atomic E-state index is 0.531. The van der Waals surface area contributed by atoms with Gasteiger partial charge in [0.05, 0.1) is 0 Å². The Balaban J connectivity index is 1.82. The van der Waals surface area contributed by atoms with Crippen LogP contribution < -0.4 is 10.7 Å². The maximum absolute atomic E-state index is 3.44. The molecular weight excluding hydrogens is 114 g/mol. The van der Waals surface area contributed by atoms with Crippen LogP contribution in [0, 0.1) is 0 Å². The van der Waals surface area contributed by atoms with Crippen molar-refractivity contribution in [3.05, 3.63) is 0 Å². The predicted molar refractivity (Wildman–Crippen MR) is 36.0 cm³/mol. The van der Waals surface area contributed by atoms with Crippen LogP contribution >= 0.6 is 0 Å². The highest BCUT2D eigenvalue weighted by molar-refractivity contribution is 5.07. The second kappa shape index (κ2) is 1.68. The summed E-state index contributed by atoms with van der Waals surface area (Å²) in [4.78, 5) is 0. The molecule has 0 amide bonds. The molecule has 1 spiro atoms. The summed E-state index contributed by atoms with van der Waals surface area (Å²) in [6.45, 7) is 3.59. The van der Waals surface area contributed by atoms with E-state index < -0.39 is 0 Å². The Morgan fingerprint density at radius 1 is 1.56 bits per heavy atom. The lowest BCUT2D eigenvalue weighted by atomic mass is 9.81. The molecular formula is C6H13N3. The number of hydrogen-bond donors (Lipinski definition) is 2. The van der Waals surface area contributed by atoms with Crippen LogP contribution in [0.5, 0.6) is 0 Å². The van der Waals surface area contributed by atoms with E-state index in [-0.39, 0.29) is 0 Å². The van der Waals surface area contributed by atoms with Crippen molar-refractivity contribution >= 4 is 0 Å². The van der Waals surface area contributed by atoms with Crippen molar-refractivity contribution in [2.45, 2.75) is 12.0 Å². The highest BCUT2D eigenvalue weighted by Gasteiger charge is 2.46. The van der Waals surface area contributed by atoms with Gasteiger partial charge in [-0.1, -0.05) is 0 Å². The van der Waals surface area contributed by atoms with Gasteiger partial charge in [-0.15, -0.1) is 0 Å². The zero-order valence-electron chi connectivity index (χ0n) is 5.78. The van der Waals surface area contributed by atoms with Crippen molar-refractivity contribution in [2.24, 2.45) is 0 Å². The Labute approximate surface area is 55.4 Å². The molecule has 0 aromatic carbocycles. The van der Waals surface area contributed by atoms with Crippen LogP contribution in [-0.2, 0) is 0 Å². The molecule has 2 aliphatic rings. The van der Waals surface area contributed by atoms with Crippen molar-refractivity contribution in [1.82, 2.24) is 15.8 Å². The summed E-state index contributed by atoms with van der Waals surface area (Å²) >= 11 is 0. The SMILES string of the molecule is CNN1CC2(CCN2)C1. The Hall–Kier alpha value is -0.120. The number of hydrazine groups is 1. The molecule has 2 heterocycles. The average molecular weight is 127 g/mol. The Morgan fingerprint density at radius 3 is 2.56 bits per heavy atom. The fourth-order valence-electron chi connectivity index (χ4n) is 1.59. The fourth-order valence-corrected chi connectivity index (χ4v) is 1.59. The summed E-state index contributed by atoms with van der Waals surface area (Å²) < 4.78 is 0. The molecule has 52 valence electrons. The van der Waals surface area contributed by atoms with Crippen molar-refractivity contribution in [2.75, 3.05) is 26.7 Å². The van der Waals surface area contributed by atoms with E-state index in [1.165, 1.54) is 26.1 Å². The van der Waals surface area contributed by atoms with E-state index in [0.29, 0.717) is 5.54 Å². The maximum Gasteiger partial charge on any atom is 0.0477 e. The lowest BCUT2D eigenvalue weighted by Gasteiger charge is -2.56. The van der Waals surface area contributed by atoms with Crippen LogP contribution in [0.2, 0.25) is 0 Å². The van der Waals surface area contributed by atoms with Crippen LogP contribution in [0.15, 0.2) is 0 Å². The minimum atomic E-state index is 0.531. The standard InChI is InChI=1S/C6H13N3/c1-7-9-4-6(5-9)2-3-8-6/h7-8H,2-5H2,1H3. The average Bonchev–Trinajstić information content (AvgIpc) is 1.59. The molecule has 2 N–H and O–H groups in total. The van der Waals surface area contributed by atoms with Gasteiger partial charge < -0.3 is 5.32 Å². The number of rotatable bonds is 1. The van der Waals surface area contributed by atoms with Crippen LogP contribution in [0.25, 0.3) is 0 Å². The van der Waals surface area contributed by atoms with E-state index in [9.17, 15) is 0 Å². The van der Waals surface area contributed by atoms with Gasteiger partial charge in [0.15, 0.2) is 0 Å². The van der Waals surface area contributed by atoms with Gasteiger partial charge in [0, 0.05) is 18.6 Å². The highest BCUT2D eigenvalue weighted by Crippen LogP contribution is 2.27. The quantitative estimate of drug-likeness (QED) is 0.481. The van der Waals surface area contributed by atoms with Gasteiger partial charge >= 0.3 is 0 Å². The zero-order chi connectivity index (χ0) is 6.32. The van der Waals surface area contributed by atoms with Gasteiger partial charge in [-0.3, -0.25) is 5.43 Å². The maximum atomic E-state index is 3.44. The van der Waals surface area contributed by atoms with Gasteiger partial charge in [0.2, 0.25) is 0 Å². The first-order chi connectivity index (χ1) is 4.35. The smallest absolute Gasteiger partial charge is 0.0477 e. The van der Waals surface area contributed by atoms with Crippen LogP contribution in [-0.4, -0.2) is 37.2 Å². The minimum Gasteiger partial charge on any atom is -0.309 e. The molecule has 3 heteroatoms. The molecule has 0 radical (unpaired) electrons. The first kappa shape index (κ1) is 5.65. The summed E-state index contributed by atoms with van der Waals surface area (Å²) in [6.07, 6.45) is 1.37. The summed E-state index contributed by atoms with van der Waals surface area (Å²) in [6, 6.07) is 0. The lowest BCUT2D eigenvalue weighted by Crippen LogP contribution is -2.77. The Bertz CT molecular complexity index is 111. The van der Waals surface area contributed by atoms with Crippen LogP contribution in [0.1, 0.15) is 6.42 Å². The highest BCUT2D eigenvalue weighted by atomic mass is 15.6. The first-order valence-corrected chi connectivity index (χ1v) is 3.52. The third kappa shape index (κ3) is 0.689. The summed E-state index contributed by atoms with van der Waals surface area (Å²) in [7, 11) is 1.98. The summed E-state index contributed by atoms with van der Waals surface area (Å²) in [5.74, 6) is 0. The molecule has 2 aliphatic heterocycles. The fraction of sp³-hybridized carbons (Fsp3) is 1.00. The van der Waals surface area contributed by atoms with Crippen molar-refractivity contribution in [3.63, 3.8) is 0 Å². The molecule has 0 aromatic rings. The molecule has 0 unspecified atom stereocenters. The molecule has 0 aliphatic carbocycles.